The summed E-state index contributed by atoms with van der Waals surface area (Å²) >= 11 is 0. The van der Waals surface area contributed by atoms with Gasteiger partial charge in [0.2, 0.25) is 0 Å². The summed E-state index contributed by atoms with van der Waals surface area (Å²) in [6.45, 7) is 7.03. The van der Waals surface area contributed by atoms with Crippen LogP contribution in [-0.2, 0) is 18.9 Å². The molecular weight excluding hydrogens is 332 g/mol. The smallest absolute Gasteiger partial charge is 0.0701 e. The van der Waals surface area contributed by atoms with E-state index in [1.54, 1.807) is 12.4 Å². The molecule has 1 aromatic heterocycles. The third-order valence-electron chi connectivity index (χ3n) is 3.54. The van der Waals surface area contributed by atoms with E-state index in [9.17, 15) is 0 Å². The van der Waals surface area contributed by atoms with Crippen molar-refractivity contribution in [3.8, 4) is 23.7 Å². The molecule has 0 amide bonds. The number of hydrogen-bond donors (Lipinski definition) is 0. The summed E-state index contributed by atoms with van der Waals surface area (Å²) in [5.41, 5.74) is 0.863. The quantitative estimate of drug-likeness (QED) is 0.693. The summed E-state index contributed by atoms with van der Waals surface area (Å²) in [7, 11) is 0. The van der Waals surface area contributed by atoms with Crippen molar-refractivity contribution in [2.45, 2.75) is 0 Å². The van der Waals surface area contributed by atoms with Gasteiger partial charge >= 0.3 is 0 Å². The molecule has 2 heterocycles. The van der Waals surface area contributed by atoms with Gasteiger partial charge in [0, 0.05) is 31.0 Å². The Morgan fingerprint density at radius 1 is 0.846 bits per heavy atom. The predicted molar refractivity (Wildman–Crippen MR) is 98.6 cm³/mol. The minimum absolute atomic E-state index is 0.587. The lowest BCUT2D eigenvalue weighted by molar-refractivity contribution is 0.00206. The first kappa shape index (κ1) is 20.4. The molecule has 1 aliphatic heterocycles. The lowest BCUT2D eigenvalue weighted by Gasteiger charge is -2.19. The van der Waals surface area contributed by atoms with Crippen molar-refractivity contribution in [2.75, 3.05) is 72.5 Å². The zero-order valence-corrected chi connectivity index (χ0v) is 15.1. The first-order valence-corrected chi connectivity index (χ1v) is 8.87. The highest BCUT2D eigenvalue weighted by Gasteiger charge is 2.04. The van der Waals surface area contributed by atoms with Crippen molar-refractivity contribution in [3.05, 3.63) is 30.1 Å². The van der Waals surface area contributed by atoms with Crippen LogP contribution in [-0.4, -0.2) is 82.4 Å². The van der Waals surface area contributed by atoms with E-state index < -0.39 is 0 Å². The summed E-state index contributed by atoms with van der Waals surface area (Å²) in [6.07, 6.45) is 3.45. The molecule has 1 fully saturated rings. The zero-order chi connectivity index (χ0) is 18.1. The third kappa shape index (κ3) is 10.1. The summed E-state index contributed by atoms with van der Waals surface area (Å²) in [5, 5.41) is 0. The average Bonchev–Trinajstić information content (AvgIpc) is 2.68. The monoisotopic (exact) mass is 358 g/mol. The van der Waals surface area contributed by atoms with Crippen LogP contribution in [0, 0.1) is 23.7 Å². The van der Waals surface area contributed by atoms with Crippen LogP contribution in [0.3, 0.4) is 0 Å². The molecule has 6 heteroatoms. The van der Waals surface area contributed by atoms with Crippen LogP contribution < -0.4 is 0 Å². The number of aromatic nitrogens is 1. The third-order valence-corrected chi connectivity index (χ3v) is 3.54. The number of pyridine rings is 1. The van der Waals surface area contributed by atoms with E-state index in [4.69, 9.17) is 18.9 Å². The van der Waals surface area contributed by atoms with Gasteiger partial charge in [0.25, 0.3) is 0 Å². The summed E-state index contributed by atoms with van der Waals surface area (Å²) in [5.74, 6) is 11.8. The molecule has 0 atom stereocenters. The van der Waals surface area contributed by atoms with Gasteiger partial charge in [-0.05, 0) is 24.0 Å². The van der Waals surface area contributed by atoms with Crippen LogP contribution in [0.2, 0.25) is 0 Å². The number of nitrogens with zero attached hydrogens (tertiary/aromatic N) is 2. The minimum atomic E-state index is 0.587. The van der Waals surface area contributed by atoms with Crippen LogP contribution >= 0.6 is 0 Å². The number of ether oxygens (including phenoxy) is 4. The van der Waals surface area contributed by atoms with Crippen molar-refractivity contribution in [1.82, 2.24) is 9.88 Å². The van der Waals surface area contributed by atoms with Crippen molar-refractivity contribution >= 4 is 0 Å². The summed E-state index contributed by atoms with van der Waals surface area (Å²) < 4.78 is 22.0. The number of rotatable bonds is 1. The summed E-state index contributed by atoms with van der Waals surface area (Å²) in [6, 6.07) is 3.77. The first-order valence-electron chi connectivity index (χ1n) is 8.87. The molecule has 0 aromatic carbocycles. The van der Waals surface area contributed by atoms with Gasteiger partial charge in [-0.15, -0.1) is 0 Å². The Hall–Kier alpha value is -1.93. The fourth-order valence-corrected chi connectivity index (χ4v) is 2.15. The van der Waals surface area contributed by atoms with Crippen molar-refractivity contribution < 1.29 is 18.9 Å². The Morgan fingerprint density at radius 3 is 2.04 bits per heavy atom. The maximum Gasteiger partial charge on any atom is 0.0701 e. The normalized spacial score (nSPS) is 18.3. The Kier molecular flexibility index (Phi) is 11.2. The van der Waals surface area contributed by atoms with Gasteiger partial charge in [-0.3, -0.25) is 9.88 Å². The van der Waals surface area contributed by atoms with Crippen LogP contribution in [0.15, 0.2) is 24.5 Å². The van der Waals surface area contributed by atoms with Gasteiger partial charge in [-0.1, -0.05) is 11.8 Å². The number of hydrogen-bond acceptors (Lipinski definition) is 6. The van der Waals surface area contributed by atoms with Gasteiger partial charge in [-0.2, -0.15) is 0 Å². The largest absolute Gasteiger partial charge is 0.378 e. The molecule has 140 valence electrons. The molecule has 2 rings (SSSR count). The van der Waals surface area contributed by atoms with Crippen LogP contribution in [0.4, 0.5) is 0 Å². The molecule has 0 saturated carbocycles. The Labute approximate surface area is 155 Å². The van der Waals surface area contributed by atoms with E-state index in [2.05, 4.69) is 33.6 Å². The zero-order valence-electron chi connectivity index (χ0n) is 15.1. The van der Waals surface area contributed by atoms with Gasteiger partial charge < -0.3 is 18.9 Å². The second kappa shape index (κ2) is 14.3. The van der Waals surface area contributed by atoms with Gasteiger partial charge in [0.1, 0.15) is 0 Å². The van der Waals surface area contributed by atoms with E-state index in [-0.39, 0.29) is 0 Å². The highest BCUT2D eigenvalue weighted by atomic mass is 16.6. The van der Waals surface area contributed by atoms with E-state index in [1.165, 1.54) is 0 Å². The molecule has 0 radical (unpaired) electrons. The van der Waals surface area contributed by atoms with Crippen LogP contribution in [0.25, 0.3) is 0 Å². The van der Waals surface area contributed by atoms with Crippen molar-refractivity contribution in [3.63, 3.8) is 0 Å². The van der Waals surface area contributed by atoms with Crippen LogP contribution in [0.1, 0.15) is 5.56 Å². The minimum Gasteiger partial charge on any atom is -0.378 e. The Bertz CT molecular complexity index is 585. The second-order valence-electron chi connectivity index (χ2n) is 5.52. The molecule has 6 nitrogen and oxygen atoms in total. The Balaban J connectivity index is 1.76. The molecule has 1 aromatic rings. The molecule has 0 spiro atoms. The summed E-state index contributed by atoms with van der Waals surface area (Å²) in [4.78, 5) is 6.22. The first-order chi connectivity index (χ1) is 12.9. The molecular formula is C20H26N2O4. The van der Waals surface area contributed by atoms with Gasteiger partial charge in [-0.25, -0.2) is 0 Å². The lowest BCUT2D eigenvalue weighted by Crippen LogP contribution is -2.32. The predicted octanol–water partition coefficient (Wildman–Crippen LogP) is 0.819. The topological polar surface area (TPSA) is 53.1 Å². The highest BCUT2D eigenvalue weighted by Crippen LogP contribution is 1.92. The maximum atomic E-state index is 5.59. The SMILES string of the molecule is C(C#Cc1cccnc1)#CCN1CCOCCOCCOCCOCC1. The maximum absolute atomic E-state index is 5.59. The van der Waals surface area contributed by atoms with Gasteiger partial charge in [0.15, 0.2) is 0 Å². The van der Waals surface area contributed by atoms with E-state index >= 15 is 0 Å². The van der Waals surface area contributed by atoms with E-state index in [0.717, 1.165) is 18.7 Å². The van der Waals surface area contributed by atoms with E-state index in [1.807, 2.05) is 12.1 Å². The Morgan fingerprint density at radius 2 is 1.46 bits per heavy atom. The fourth-order valence-electron chi connectivity index (χ4n) is 2.15. The molecule has 1 aliphatic rings. The molecule has 0 aliphatic carbocycles. The standard InChI is InChI=1S/C20H26N2O4/c1(2-5-20-6-4-7-21-19-20)3-8-22-9-11-23-13-15-25-17-18-26-16-14-24-12-10-22/h4,6-7,19H,8-18H2. The highest BCUT2D eigenvalue weighted by molar-refractivity contribution is 5.38. The van der Waals surface area contributed by atoms with Crippen molar-refractivity contribution in [1.29, 1.82) is 0 Å². The van der Waals surface area contributed by atoms with E-state index in [0.29, 0.717) is 59.4 Å². The molecule has 0 N–H and O–H groups in total. The van der Waals surface area contributed by atoms with Gasteiger partial charge in [0.05, 0.1) is 59.4 Å². The molecule has 1 saturated heterocycles. The molecule has 0 bridgehead atoms. The molecule has 0 unspecified atom stereocenters. The molecule has 26 heavy (non-hydrogen) atoms. The lowest BCUT2D eigenvalue weighted by atomic mass is 10.3. The van der Waals surface area contributed by atoms with Crippen molar-refractivity contribution in [2.24, 2.45) is 0 Å². The second-order valence-corrected chi connectivity index (χ2v) is 5.52. The fraction of sp³-hybridized carbons (Fsp3) is 0.550. The average molecular weight is 358 g/mol. The van der Waals surface area contributed by atoms with Crippen LogP contribution in [0.5, 0.6) is 0 Å².